The molecule has 1 heterocycles. The molecule has 2 rings (SSSR count). The number of hydrogen-bond donors (Lipinski definition) is 2. The average molecular weight is 339 g/mol. The number of phenolic OH excluding ortho intramolecular Hbond substituents is 1. The highest BCUT2D eigenvalue weighted by atomic mass is 35.5. The topological polar surface area (TPSA) is 126 Å². The zero-order valence-corrected chi connectivity index (χ0v) is 12.8. The molecule has 0 saturated heterocycles. The van der Waals surface area contributed by atoms with Gasteiger partial charge in [0.1, 0.15) is 33.5 Å². The molecule has 0 amide bonds. The van der Waals surface area contributed by atoms with Crippen molar-refractivity contribution < 1.29 is 19.6 Å². The molecule has 0 aliphatic heterocycles. The van der Waals surface area contributed by atoms with Crippen molar-refractivity contribution in [3.05, 3.63) is 55.1 Å². The summed E-state index contributed by atoms with van der Waals surface area (Å²) in [5.74, 6) is -0.589. The minimum Gasteiger partial charge on any atom is -0.507 e. The van der Waals surface area contributed by atoms with Crippen LogP contribution in [0.15, 0.2) is 32.4 Å². The quantitative estimate of drug-likeness (QED) is 0.503. The highest BCUT2D eigenvalue weighted by Gasteiger charge is 2.18. The van der Waals surface area contributed by atoms with E-state index in [9.17, 15) is 25.1 Å². The predicted octanol–water partition coefficient (Wildman–Crippen LogP) is 3.06. The molecule has 2 aromatic rings. The summed E-state index contributed by atoms with van der Waals surface area (Å²) in [6.45, 7) is 2.91. The minimum atomic E-state index is -0.795. The van der Waals surface area contributed by atoms with Gasteiger partial charge in [0, 0.05) is 6.07 Å². The molecule has 0 fully saturated rings. The van der Waals surface area contributed by atoms with Crippen molar-refractivity contribution >= 4 is 28.7 Å². The van der Waals surface area contributed by atoms with Crippen LogP contribution in [0.25, 0.3) is 0 Å². The fraction of sp³-hybridized carbons (Fsp3) is 0.143. The maximum Gasteiger partial charge on any atom is 0.348 e. The van der Waals surface area contributed by atoms with Crippen LogP contribution in [-0.4, -0.2) is 20.8 Å². The molecule has 1 aromatic carbocycles. The fourth-order valence-electron chi connectivity index (χ4n) is 1.94. The van der Waals surface area contributed by atoms with Gasteiger partial charge in [-0.3, -0.25) is 10.1 Å². The van der Waals surface area contributed by atoms with E-state index in [-0.39, 0.29) is 33.5 Å². The van der Waals surface area contributed by atoms with Crippen LogP contribution in [0.1, 0.15) is 18.2 Å². The highest BCUT2D eigenvalue weighted by Crippen LogP contribution is 2.37. The molecule has 0 unspecified atom stereocenters. The van der Waals surface area contributed by atoms with Gasteiger partial charge >= 0.3 is 5.63 Å². The summed E-state index contributed by atoms with van der Waals surface area (Å²) in [6, 6.07) is 3.19. The molecule has 1 aromatic heterocycles. The highest BCUT2D eigenvalue weighted by molar-refractivity contribution is 6.33. The summed E-state index contributed by atoms with van der Waals surface area (Å²) < 4.78 is 4.88. The van der Waals surface area contributed by atoms with E-state index in [0.29, 0.717) is 0 Å². The van der Waals surface area contributed by atoms with Crippen LogP contribution in [0.3, 0.4) is 0 Å². The van der Waals surface area contributed by atoms with Gasteiger partial charge in [0.15, 0.2) is 0 Å². The Hall–Kier alpha value is -2.87. The van der Waals surface area contributed by atoms with E-state index in [4.69, 9.17) is 16.0 Å². The van der Waals surface area contributed by atoms with E-state index in [1.54, 1.807) is 0 Å². The Kier molecular flexibility index (Phi) is 4.37. The van der Waals surface area contributed by atoms with E-state index in [0.717, 1.165) is 12.1 Å². The van der Waals surface area contributed by atoms with Crippen molar-refractivity contribution in [3.63, 3.8) is 0 Å². The van der Waals surface area contributed by atoms with E-state index in [1.807, 2.05) is 0 Å². The Morgan fingerprint density at radius 1 is 1.30 bits per heavy atom. The summed E-state index contributed by atoms with van der Waals surface area (Å²) in [5, 5.41) is 30.2. The van der Waals surface area contributed by atoms with Gasteiger partial charge in [-0.1, -0.05) is 11.6 Å². The van der Waals surface area contributed by atoms with Crippen LogP contribution in [-0.2, 0) is 0 Å². The zero-order chi connectivity index (χ0) is 17.3. The molecule has 0 saturated carbocycles. The number of hydrogen-bond acceptors (Lipinski definition) is 7. The van der Waals surface area contributed by atoms with Crippen molar-refractivity contribution in [3.8, 4) is 11.5 Å². The SMILES string of the molecule is CC(=Nc1cc(Cl)c([N+](=O)[O-])cc1O)c1c(O)cc(C)oc1=O. The molecule has 0 spiro atoms. The zero-order valence-electron chi connectivity index (χ0n) is 12.0. The molecule has 0 radical (unpaired) electrons. The third-order valence-corrected chi connectivity index (χ3v) is 3.25. The van der Waals surface area contributed by atoms with Gasteiger partial charge in [0.05, 0.1) is 16.7 Å². The number of benzene rings is 1. The number of nitro benzene ring substituents is 1. The number of nitrogens with zero attached hydrogens (tertiary/aromatic N) is 2. The maximum absolute atomic E-state index is 11.8. The van der Waals surface area contributed by atoms with Gasteiger partial charge in [0.2, 0.25) is 0 Å². The van der Waals surface area contributed by atoms with Gasteiger partial charge in [-0.25, -0.2) is 9.79 Å². The lowest BCUT2D eigenvalue weighted by atomic mass is 10.1. The van der Waals surface area contributed by atoms with E-state index in [2.05, 4.69) is 4.99 Å². The number of halogens is 1. The van der Waals surface area contributed by atoms with Crippen molar-refractivity contribution in [2.45, 2.75) is 13.8 Å². The first-order valence-electron chi connectivity index (χ1n) is 6.27. The van der Waals surface area contributed by atoms with Gasteiger partial charge in [0.25, 0.3) is 5.69 Å². The molecule has 8 nitrogen and oxygen atoms in total. The molecule has 0 atom stereocenters. The maximum atomic E-state index is 11.8. The normalized spacial score (nSPS) is 11.5. The second-order valence-corrected chi connectivity index (χ2v) is 5.06. The first kappa shape index (κ1) is 16.5. The summed E-state index contributed by atoms with van der Waals surface area (Å²) in [4.78, 5) is 25.8. The second-order valence-electron chi connectivity index (χ2n) is 4.65. The van der Waals surface area contributed by atoms with Gasteiger partial charge in [-0.05, 0) is 19.9 Å². The Bertz CT molecular complexity index is 888. The van der Waals surface area contributed by atoms with Crippen LogP contribution in [0.5, 0.6) is 11.5 Å². The second kappa shape index (κ2) is 6.09. The number of aromatic hydroxyl groups is 2. The number of rotatable bonds is 3. The Balaban J connectivity index is 2.57. The summed E-state index contributed by atoms with van der Waals surface area (Å²) in [7, 11) is 0. The lowest BCUT2D eigenvalue weighted by Crippen LogP contribution is -2.12. The largest absolute Gasteiger partial charge is 0.507 e. The lowest BCUT2D eigenvalue weighted by molar-refractivity contribution is -0.384. The standard InChI is InChI=1S/C14H11ClN2O6/c1-6-3-12(19)13(14(20)23-6)7(2)16-9-4-8(15)10(17(21)22)5-11(9)18/h3-5,18-19H,1-2H3. The molecule has 0 aliphatic carbocycles. The Morgan fingerprint density at radius 2 is 1.96 bits per heavy atom. The number of phenols is 1. The van der Waals surface area contributed by atoms with E-state index in [1.165, 1.54) is 19.9 Å². The molecular formula is C14H11ClN2O6. The first-order chi connectivity index (χ1) is 10.7. The van der Waals surface area contributed by atoms with Crippen molar-refractivity contribution in [1.82, 2.24) is 0 Å². The summed E-state index contributed by atoms with van der Waals surface area (Å²) >= 11 is 5.76. The number of aliphatic imine (C=N–C) groups is 1. The fourth-order valence-corrected chi connectivity index (χ4v) is 2.16. The molecule has 120 valence electrons. The number of nitro groups is 1. The lowest BCUT2D eigenvalue weighted by Gasteiger charge is -2.05. The molecule has 23 heavy (non-hydrogen) atoms. The van der Waals surface area contributed by atoms with Gasteiger partial charge in [-0.15, -0.1) is 0 Å². The molecule has 0 aliphatic rings. The molecule has 9 heteroatoms. The van der Waals surface area contributed by atoms with Gasteiger partial charge in [-0.2, -0.15) is 0 Å². The van der Waals surface area contributed by atoms with Crippen LogP contribution in [0.2, 0.25) is 5.02 Å². The van der Waals surface area contributed by atoms with Gasteiger partial charge < -0.3 is 14.6 Å². The van der Waals surface area contributed by atoms with Crippen molar-refractivity contribution in [2.75, 3.05) is 0 Å². The predicted molar refractivity (Wildman–Crippen MR) is 83.0 cm³/mol. The van der Waals surface area contributed by atoms with Crippen LogP contribution >= 0.6 is 11.6 Å². The third-order valence-electron chi connectivity index (χ3n) is 2.94. The average Bonchev–Trinajstić information content (AvgIpc) is 2.40. The number of aryl methyl sites for hydroxylation is 1. The van der Waals surface area contributed by atoms with E-state index >= 15 is 0 Å². The van der Waals surface area contributed by atoms with Crippen LogP contribution in [0.4, 0.5) is 11.4 Å². The summed E-state index contributed by atoms with van der Waals surface area (Å²) in [5.41, 5.74) is -1.48. The summed E-state index contributed by atoms with van der Waals surface area (Å²) in [6.07, 6.45) is 0. The van der Waals surface area contributed by atoms with Crippen molar-refractivity contribution in [1.29, 1.82) is 0 Å². The molecule has 0 bridgehead atoms. The van der Waals surface area contributed by atoms with Crippen LogP contribution < -0.4 is 5.63 Å². The Labute approximate surface area is 134 Å². The Morgan fingerprint density at radius 3 is 2.52 bits per heavy atom. The van der Waals surface area contributed by atoms with E-state index < -0.39 is 22.0 Å². The molecule has 2 N–H and O–H groups in total. The molecular weight excluding hydrogens is 328 g/mol. The van der Waals surface area contributed by atoms with Crippen LogP contribution in [0, 0.1) is 17.0 Å². The minimum absolute atomic E-state index is 0.0523. The monoisotopic (exact) mass is 338 g/mol. The smallest absolute Gasteiger partial charge is 0.348 e. The first-order valence-corrected chi connectivity index (χ1v) is 6.64. The third kappa shape index (κ3) is 3.32. The van der Waals surface area contributed by atoms with Crippen molar-refractivity contribution in [2.24, 2.45) is 4.99 Å².